The molecule has 0 spiro atoms. The summed E-state index contributed by atoms with van der Waals surface area (Å²) in [5.74, 6) is 0.0878. The molecule has 0 N–H and O–H groups in total. The Bertz CT molecular complexity index is 241. The highest BCUT2D eigenvalue weighted by Crippen LogP contribution is 2.07. The zero-order valence-electron chi connectivity index (χ0n) is 7.95. The molecule has 3 heteroatoms. The van der Waals surface area contributed by atoms with Crippen LogP contribution in [0, 0.1) is 0 Å². The van der Waals surface area contributed by atoms with E-state index in [4.69, 9.17) is 0 Å². The Kier molecular flexibility index (Phi) is 4.23. The van der Waals surface area contributed by atoms with Gasteiger partial charge in [-0.2, -0.15) is 0 Å². The van der Waals surface area contributed by atoms with Crippen LogP contribution < -0.4 is 0 Å². The van der Waals surface area contributed by atoms with Crippen molar-refractivity contribution in [1.82, 2.24) is 5.16 Å². The lowest BCUT2D eigenvalue weighted by atomic mass is 10.1. The van der Waals surface area contributed by atoms with Gasteiger partial charge in [-0.05, 0) is 6.42 Å². The number of hydrogen-bond acceptors (Lipinski definition) is 3. The van der Waals surface area contributed by atoms with E-state index in [1.165, 1.54) is 19.1 Å². The van der Waals surface area contributed by atoms with Crippen LogP contribution in [0.25, 0.3) is 0 Å². The topological polar surface area (TPSA) is 43.1 Å². The molecule has 0 saturated carbocycles. The van der Waals surface area contributed by atoms with E-state index in [9.17, 15) is 4.79 Å². The van der Waals surface area contributed by atoms with Gasteiger partial charge in [0, 0.05) is 12.5 Å². The van der Waals surface area contributed by atoms with E-state index in [1.807, 2.05) is 0 Å². The predicted octanol–water partition coefficient (Wildman–Crippen LogP) is 2.83. The Hall–Kier alpha value is -1.12. The number of unbranched alkanes of at least 4 members (excludes halogenated alkanes) is 3. The van der Waals surface area contributed by atoms with E-state index >= 15 is 0 Å². The minimum absolute atomic E-state index is 0.0878. The highest BCUT2D eigenvalue weighted by atomic mass is 16.5. The van der Waals surface area contributed by atoms with Gasteiger partial charge in [0.15, 0.2) is 5.78 Å². The quantitative estimate of drug-likeness (QED) is 0.500. The first kappa shape index (κ1) is 9.96. The summed E-state index contributed by atoms with van der Waals surface area (Å²) in [5.41, 5.74) is 0.455. The molecule has 1 aromatic heterocycles. The molecule has 0 bridgehead atoms. The normalized spacial score (nSPS) is 10.2. The fourth-order valence-electron chi connectivity index (χ4n) is 1.20. The van der Waals surface area contributed by atoms with Crippen LogP contribution >= 0.6 is 0 Å². The SMILES string of the molecule is CCCCCCC(=O)c1ccon1. The molecule has 0 aliphatic heterocycles. The number of rotatable bonds is 6. The van der Waals surface area contributed by atoms with Gasteiger partial charge in [0.05, 0.1) is 0 Å². The molecule has 3 nitrogen and oxygen atoms in total. The third-order valence-electron chi connectivity index (χ3n) is 1.98. The summed E-state index contributed by atoms with van der Waals surface area (Å²) in [5, 5.41) is 3.59. The third kappa shape index (κ3) is 3.40. The van der Waals surface area contributed by atoms with E-state index in [2.05, 4.69) is 16.6 Å². The first-order chi connectivity index (χ1) is 6.34. The Morgan fingerprint density at radius 3 is 2.92 bits per heavy atom. The van der Waals surface area contributed by atoms with Crippen molar-refractivity contribution >= 4 is 5.78 Å². The molecule has 0 fully saturated rings. The zero-order valence-corrected chi connectivity index (χ0v) is 7.95. The maximum atomic E-state index is 11.3. The fourth-order valence-corrected chi connectivity index (χ4v) is 1.20. The summed E-state index contributed by atoms with van der Waals surface area (Å²) in [4.78, 5) is 11.3. The number of carbonyl (C=O) groups is 1. The highest BCUT2D eigenvalue weighted by Gasteiger charge is 2.07. The van der Waals surface area contributed by atoms with Gasteiger partial charge in [-0.3, -0.25) is 4.79 Å². The Morgan fingerprint density at radius 2 is 2.31 bits per heavy atom. The van der Waals surface area contributed by atoms with Crippen molar-refractivity contribution in [1.29, 1.82) is 0 Å². The fraction of sp³-hybridized carbons (Fsp3) is 0.600. The standard InChI is InChI=1S/C10H15NO2/c1-2-3-4-5-6-10(12)9-7-8-13-11-9/h7-8H,2-6H2,1H3. The minimum Gasteiger partial charge on any atom is -0.364 e. The van der Waals surface area contributed by atoms with Gasteiger partial charge in [0.25, 0.3) is 0 Å². The van der Waals surface area contributed by atoms with Gasteiger partial charge in [-0.15, -0.1) is 0 Å². The van der Waals surface area contributed by atoms with Gasteiger partial charge < -0.3 is 4.52 Å². The molecule has 0 aliphatic carbocycles. The van der Waals surface area contributed by atoms with Crippen LogP contribution in [0.15, 0.2) is 16.9 Å². The van der Waals surface area contributed by atoms with Crippen LogP contribution in [0.2, 0.25) is 0 Å². The summed E-state index contributed by atoms with van der Waals surface area (Å²) >= 11 is 0. The van der Waals surface area contributed by atoms with Gasteiger partial charge >= 0.3 is 0 Å². The van der Waals surface area contributed by atoms with E-state index in [0.717, 1.165) is 12.8 Å². The highest BCUT2D eigenvalue weighted by molar-refractivity contribution is 5.93. The smallest absolute Gasteiger partial charge is 0.184 e. The van der Waals surface area contributed by atoms with Crippen molar-refractivity contribution in [2.24, 2.45) is 0 Å². The van der Waals surface area contributed by atoms with Crippen molar-refractivity contribution in [3.63, 3.8) is 0 Å². The Labute approximate surface area is 78.1 Å². The lowest BCUT2D eigenvalue weighted by Crippen LogP contribution is -1.98. The van der Waals surface area contributed by atoms with Crippen LogP contribution in [-0.2, 0) is 0 Å². The number of hydrogen-bond donors (Lipinski definition) is 0. The molecule has 1 heterocycles. The Balaban J connectivity index is 2.19. The van der Waals surface area contributed by atoms with Gasteiger partial charge in [-0.1, -0.05) is 31.3 Å². The molecule has 1 rings (SSSR count). The molecule has 0 saturated heterocycles. The maximum absolute atomic E-state index is 11.3. The van der Waals surface area contributed by atoms with Crippen LogP contribution in [0.1, 0.15) is 49.5 Å². The van der Waals surface area contributed by atoms with E-state index in [1.54, 1.807) is 6.07 Å². The average Bonchev–Trinajstić information content (AvgIpc) is 2.65. The maximum Gasteiger partial charge on any atom is 0.184 e. The predicted molar refractivity (Wildman–Crippen MR) is 49.6 cm³/mol. The first-order valence-electron chi connectivity index (χ1n) is 4.78. The van der Waals surface area contributed by atoms with Gasteiger partial charge in [-0.25, -0.2) is 0 Å². The van der Waals surface area contributed by atoms with Crippen molar-refractivity contribution in [3.05, 3.63) is 18.0 Å². The molecule has 0 aromatic carbocycles. The van der Waals surface area contributed by atoms with Crippen molar-refractivity contribution in [2.75, 3.05) is 0 Å². The number of nitrogens with zero attached hydrogens (tertiary/aromatic N) is 1. The first-order valence-corrected chi connectivity index (χ1v) is 4.78. The Morgan fingerprint density at radius 1 is 1.46 bits per heavy atom. The number of Topliss-reactive ketones (excluding diaryl/α,β-unsaturated/α-hetero) is 1. The molecular formula is C10H15NO2. The second-order valence-corrected chi connectivity index (χ2v) is 3.12. The third-order valence-corrected chi connectivity index (χ3v) is 1.98. The summed E-state index contributed by atoms with van der Waals surface area (Å²) < 4.78 is 4.59. The number of carbonyl (C=O) groups excluding carboxylic acids is 1. The molecule has 13 heavy (non-hydrogen) atoms. The van der Waals surface area contributed by atoms with Crippen LogP contribution in [0.3, 0.4) is 0 Å². The largest absolute Gasteiger partial charge is 0.364 e. The van der Waals surface area contributed by atoms with Crippen molar-refractivity contribution in [3.8, 4) is 0 Å². The van der Waals surface area contributed by atoms with Crippen molar-refractivity contribution in [2.45, 2.75) is 39.0 Å². The van der Waals surface area contributed by atoms with E-state index in [-0.39, 0.29) is 5.78 Å². The summed E-state index contributed by atoms with van der Waals surface area (Å²) in [6.45, 7) is 2.15. The number of aromatic nitrogens is 1. The molecule has 0 radical (unpaired) electrons. The van der Waals surface area contributed by atoms with Gasteiger partial charge in [0.1, 0.15) is 12.0 Å². The summed E-state index contributed by atoms with van der Waals surface area (Å²) in [7, 11) is 0. The summed E-state index contributed by atoms with van der Waals surface area (Å²) in [6, 6.07) is 1.61. The van der Waals surface area contributed by atoms with E-state index < -0.39 is 0 Å². The molecular weight excluding hydrogens is 166 g/mol. The monoisotopic (exact) mass is 181 g/mol. The molecule has 72 valence electrons. The molecule has 0 amide bonds. The zero-order chi connectivity index (χ0) is 9.52. The molecule has 0 aliphatic rings. The average molecular weight is 181 g/mol. The molecule has 0 atom stereocenters. The second kappa shape index (κ2) is 5.51. The van der Waals surface area contributed by atoms with Crippen molar-refractivity contribution < 1.29 is 9.32 Å². The lowest BCUT2D eigenvalue weighted by Gasteiger charge is -1.96. The van der Waals surface area contributed by atoms with Gasteiger partial charge in [0.2, 0.25) is 0 Å². The summed E-state index contributed by atoms with van der Waals surface area (Å²) in [6.07, 6.45) is 6.50. The molecule has 0 unspecified atom stereocenters. The van der Waals surface area contributed by atoms with E-state index in [0.29, 0.717) is 12.1 Å². The van der Waals surface area contributed by atoms with Crippen LogP contribution in [-0.4, -0.2) is 10.9 Å². The lowest BCUT2D eigenvalue weighted by molar-refractivity contribution is 0.0970. The van der Waals surface area contributed by atoms with Crippen LogP contribution in [0.5, 0.6) is 0 Å². The minimum atomic E-state index is 0.0878. The molecule has 1 aromatic rings. The second-order valence-electron chi connectivity index (χ2n) is 3.12. The van der Waals surface area contributed by atoms with Crippen LogP contribution in [0.4, 0.5) is 0 Å². The number of ketones is 1.